The van der Waals surface area contributed by atoms with Gasteiger partial charge in [-0.2, -0.15) is 0 Å². The van der Waals surface area contributed by atoms with Gasteiger partial charge in [0.2, 0.25) is 0 Å². The van der Waals surface area contributed by atoms with Gasteiger partial charge >= 0.3 is 5.97 Å². The molecule has 1 aliphatic carbocycles. The number of ether oxygens (including phenoxy) is 1. The van der Waals surface area contributed by atoms with Crippen LogP contribution in [0.15, 0.2) is 36.4 Å². The molecule has 0 spiro atoms. The van der Waals surface area contributed by atoms with Crippen LogP contribution in [0.2, 0.25) is 0 Å². The number of amides is 1. The molecule has 0 radical (unpaired) electrons. The normalized spacial score (nSPS) is 13.8. The Labute approximate surface area is 150 Å². The van der Waals surface area contributed by atoms with Crippen molar-refractivity contribution >= 4 is 17.6 Å². The molecule has 1 aliphatic rings. The maximum Gasteiger partial charge on any atom is 0.311 e. The standard InChI is InChI=1S/C20H19F2NO3/c1-12(20(25)23-16-7-8-17(21)18(22)11-16)26-19(24)10-13-5-6-14-3-2-4-15(14)9-13/h5-9,11-12H,2-4,10H2,1H3,(H,23,25)/t12-/m1/s1. The van der Waals surface area contributed by atoms with Gasteiger partial charge in [-0.3, -0.25) is 9.59 Å². The average Bonchev–Trinajstić information content (AvgIpc) is 3.05. The van der Waals surface area contributed by atoms with Crippen LogP contribution in [-0.4, -0.2) is 18.0 Å². The van der Waals surface area contributed by atoms with Crippen molar-refractivity contribution in [2.75, 3.05) is 5.32 Å². The molecule has 1 N–H and O–H groups in total. The quantitative estimate of drug-likeness (QED) is 0.831. The molecule has 6 heteroatoms. The molecule has 0 saturated carbocycles. The number of carbonyl (C=O) groups excluding carboxylic acids is 2. The maximum absolute atomic E-state index is 13.2. The summed E-state index contributed by atoms with van der Waals surface area (Å²) in [5.41, 5.74) is 3.53. The molecule has 0 fully saturated rings. The van der Waals surface area contributed by atoms with Crippen LogP contribution in [0.3, 0.4) is 0 Å². The Balaban J connectivity index is 1.54. The van der Waals surface area contributed by atoms with Gasteiger partial charge in [-0.1, -0.05) is 18.2 Å². The monoisotopic (exact) mass is 359 g/mol. The minimum Gasteiger partial charge on any atom is -0.452 e. The Hall–Kier alpha value is -2.76. The lowest BCUT2D eigenvalue weighted by Gasteiger charge is -2.14. The topological polar surface area (TPSA) is 55.4 Å². The van der Waals surface area contributed by atoms with Crippen molar-refractivity contribution in [1.29, 1.82) is 0 Å². The molecule has 2 aromatic carbocycles. The number of nitrogens with one attached hydrogen (secondary N) is 1. The van der Waals surface area contributed by atoms with Gasteiger partial charge in [0.05, 0.1) is 6.42 Å². The van der Waals surface area contributed by atoms with Crippen molar-refractivity contribution in [3.8, 4) is 0 Å². The summed E-state index contributed by atoms with van der Waals surface area (Å²) < 4.78 is 31.2. The summed E-state index contributed by atoms with van der Waals surface area (Å²) in [6.07, 6.45) is 2.25. The number of carbonyl (C=O) groups is 2. The first-order valence-electron chi connectivity index (χ1n) is 8.48. The Morgan fingerprint density at radius 2 is 1.85 bits per heavy atom. The lowest BCUT2D eigenvalue weighted by molar-refractivity contribution is -0.152. The predicted molar refractivity (Wildman–Crippen MR) is 92.7 cm³/mol. The Morgan fingerprint density at radius 1 is 1.08 bits per heavy atom. The summed E-state index contributed by atoms with van der Waals surface area (Å²) in [5.74, 6) is -3.20. The van der Waals surface area contributed by atoms with Gasteiger partial charge in [-0.25, -0.2) is 8.78 Å². The number of fused-ring (bicyclic) bond motifs is 1. The SMILES string of the molecule is C[C@@H](OC(=O)Cc1ccc2c(c1)CCC2)C(=O)Nc1ccc(F)c(F)c1. The van der Waals surface area contributed by atoms with Crippen LogP contribution in [0.1, 0.15) is 30.0 Å². The zero-order valence-corrected chi connectivity index (χ0v) is 14.4. The predicted octanol–water partition coefficient (Wildman–Crippen LogP) is 3.57. The van der Waals surface area contributed by atoms with Gasteiger partial charge < -0.3 is 10.1 Å². The highest BCUT2D eigenvalue weighted by Gasteiger charge is 2.19. The van der Waals surface area contributed by atoms with E-state index in [2.05, 4.69) is 5.32 Å². The second-order valence-corrected chi connectivity index (χ2v) is 6.38. The smallest absolute Gasteiger partial charge is 0.311 e. The summed E-state index contributed by atoms with van der Waals surface area (Å²) in [4.78, 5) is 24.1. The van der Waals surface area contributed by atoms with Crippen LogP contribution in [-0.2, 0) is 33.6 Å². The zero-order chi connectivity index (χ0) is 18.7. The Kier molecular flexibility index (Phi) is 5.30. The molecule has 0 heterocycles. The van der Waals surface area contributed by atoms with E-state index in [0.717, 1.165) is 37.0 Å². The van der Waals surface area contributed by atoms with Crippen LogP contribution in [0.4, 0.5) is 14.5 Å². The fraction of sp³-hybridized carbons (Fsp3) is 0.300. The van der Waals surface area contributed by atoms with E-state index in [1.54, 1.807) is 0 Å². The number of aryl methyl sites for hydroxylation is 2. The number of hydrogen-bond donors (Lipinski definition) is 1. The maximum atomic E-state index is 13.2. The molecule has 0 aromatic heterocycles. The van der Waals surface area contributed by atoms with Crippen molar-refractivity contribution in [3.63, 3.8) is 0 Å². The molecule has 1 atom stereocenters. The number of hydrogen-bond acceptors (Lipinski definition) is 3. The summed E-state index contributed by atoms with van der Waals surface area (Å²) in [5, 5.41) is 2.39. The molecule has 26 heavy (non-hydrogen) atoms. The first-order chi connectivity index (χ1) is 12.4. The third-order valence-electron chi connectivity index (χ3n) is 4.38. The lowest BCUT2D eigenvalue weighted by atomic mass is 10.0. The summed E-state index contributed by atoms with van der Waals surface area (Å²) in [7, 11) is 0. The number of anilines is 1. The second-order valence-electron chi connectivity index (χ2n) is 6.38. The molecule has 4 nitrogen and oxygen atoms in total. The van der Waals surface area contributed by atoms with Gasteiger partial charge in [0.1, 0.15) is 0 Å². The fourth-order valence-electron chi connectivity index (χ4n) is 3.01. The van der Waals surface area contributed by atoms with Gasteiger partial charge in [0.25, 0.3) is 5.91 Å². The third kappa shape index (κ3) is 4.25. The molecular weight excluding hydrogens is 340 g/mol. The molecule has 2 aromatic rings. The van der Waals surface area contributed by atoms with Crippen LogP contribution < -0.4 is 5.32 Å². The molecule has 0 aliphatic heterocycles. The van der Waals surface area contributed by atoms with Crippen molar-refractivity contribution in [2.24, 2.45) is 0 Å². The highest BCUT2D eigenvalue weighted by atomic mass is 19.2. The van der Waals surface area contributed by atoms with Crippen LogP contribution >= 0.6 is 0 Å². The minimum atomic E-state index is -1.07. The van der Waals surface area contributed by atoms with Gasteiger partial charge in [0, 0.05) is 11.8 Å². The van der Waals surface area contributed by atoms with Gasteiger partial charge in [-0.05, 0) is 55.0 Å². The second kappa shape index (κ2) is 7.64. The Morgan fingerprint density at radius 3 is 2.62 bits per heavy atom. The average molecular weight is 359 g/mol. The lowest BCUT2D eigenvalue weighted by Crippen LogP contribution is -2.30. The molecule has 0 bridgehead atoms. The largest absolute Gasteiger partial charge is 0.452 e. The first-order valence-corrected chi connectivity index (χ1v) is 8.48. The van der Waals surface area contributed by atoms with Gasteiger partial charge in [-0.15, -0.1) is 0 Å². The molecule has 0 unspecified atom stereocenters. The summed E-state index contributed by atoms with van der Waals surface area (Å²) >= 11 is 0. The third-order valence-corrected chi connectivity index (χ3v) is 4.38. The van der Waals surface area contributed by atoms with Crippen molar-refractivity contribution < 1.29 is 23.1 Å². The van der Waals surface area contributed by atoms with E-state index < -0.39 is 29.6 Å². The fourth-order valence-corrected chi connectivity index (χ4v) is 3.01. The Bertz CT molecular complexity index is 851. The van der Waals surface area contributed by atoms with Gasteiger partial charge in [0.15, 0.2) is 17.7 Å². The summed E-state index contributed by atoms with van der Waals surface area (Å²) in [6, 6.07) is 8.95. The van der Waals surface area contributed by atoms with Crippen molar-refractivity contribution in [1.82, 2.24) is 0 Å². The number of halogens is 2. The molecule has 3 rings (SSSR count). The van der Waals surface area contributed by atoms with E-state index in [9.17, 15) is 18.4 Å². The van der Waals surface area contributed by atoms with Crippen LogP contribution in [0, 0.1) is 11.6 Å². The van der Waals surface area contributed by atoms with Crippen LogP contribution in [0.25, 0.3) is 0 Å². The van der Waals surface area contributed by atoms with E-state index in [-0.39, 0.29) is 12.1 Å². The van der Waals surface area contributed by atoms with E-state index in [4.69, 9.17) is 4.74 Å². The number of benzene rings is 2. The highest BCUT2D eigenvalue weighted by Crippen LogP contribution is 2.23. The number of rotatable bonds is 5. The summed E-state index contributed by atoms with van der Waals surface area (Å²) in [6.45, 7) is 1.43. The molecule has 0 saturated heterocycles. The van der Waals surface area contributed by atoms with Crippen molar-refractivity contribution in [3.05, 3.63) is 64.7 Å². The molecule has 136 valence electrons. The van der Waals surface area contributed by atoms with E-state index in [1.165, 1.54) is 24.1 Å². The molecule has 1 amide bonds. The first kappa shape index (κ1) is 18.0. The zero-order valence-electron chi connectivity index (χ0n) is 14.4. The van der Waals surface area contributed by atoms with E-state index in [1.807, 2.05) is 18.2 Å². The van der Waals surface area contributed by atoms with E-state index in [0.29, 0.717) is 0 Å². The van der Waals surface area contributed by atoms with E-state index >= 15 is 0 Å². The van der Waals surface area contributed by atoms with Crippen LogP contribution in [0.5, 0.6) is 0 Å². The number of esters is 1. The minimum absolute atomic E-state index is 0.0794. The highest BCUT2D eigenvalue weighted by molar-refractivity contribution is 5.95. The molecular formula is C20H19F2NO3. The van der Waals surface area contributed by atoms with Crippen molar-refractivity contribution in [2.45, 2.75) is 38.7 Å².